The van der Waals surface area contributed by atoms with Gasteiger partial charge < -0.3 is 15.4 Å². The van der Waals surface area contributed by atoms with Crippen molar-refractivity contribution in [2.45, 2.75) is 13.0 Å². The normalized spacial score (nSPS) is 11.9. The third kappa shape index (κ3) is 5.12. The van der Waals surface area contributed by atoms with E-state index in [1.807, 2.05) is 48.5 Å². The summed E-state index contributed by atoms with van der Waals surface area (Å²) in [5, 5.41) is 7.84. The molecule has 3 aromatic rings. The van der Waals surface area contributed by atoms with Crippen LogP contribution in [0.25, 0.3) is 10.8 Å². The van der Waals surface area contributed by atoms with Gasteiger partial charge in [-0.2, -0.15) is 0 Å². The van der Waals surface area contributed by atoms with Crippen LogP contribution in [-0.2, 0) is 9.59 Å². The molecular formula is C23H25N3O3. The van der Waals surface area contributed by atoms with Crippen molar-refractivity contribution >= 4 is 34.0 Å². The molecular weight excluding hydrogens is 366 g/mol. The van der Waals surface area contributed by atoms with Gasteiger partial charge in [0.15, 0.2) is 0 Å². The second kappa shape index (κ2) is 9.21. The van der Waals surface area contributed by atoms with Crippen molar-refractivity contribution in [3.05, 3.63) is 66.7 Å². The van der Waals surface area contributed by atoms with Gasteiger partial charge in [0.1, 0.15) is 5.75 Å². The van der Waals surface area contributed by atoms with Crippen LogP contribution in [0, 0.1) is 0 Å². The molecule has 0 aromatic heterocycles. The molecule has 1 atom stereocenters. The molecule has 29 heavy (non-hydrogen) atoms. The van der Waals surface area contributed by atoms with Gasteiger partial charge in [0, 0.05) is 22.8 Å². The van der Waals surface area contributed by atoms with E-state index in [4.69, 9.17) is 4.74 Å². The summed E-state index contributed by atoms with van der Waals surface area (Å²) in [6, 6.07) is 20.3. The molecule has 0 aliphatic heterocycles. The Bertz CT molecular complexity index is 1010. The Morgan fingerprint density at radius 3 is 2.52 bits per heavy atom. The Balaban J connectivity index is 1.60. The number of carbonyl (C=O) groups excluding carboxylic acids is 2. The second-order valence-electron chi connectivity index (χ2n) is 6.89. The summed E-state index contributed by atoms with van der Waals surface area (Å²) in [6.45, 7) is 1.86. The topological polar surface area (TPSA) is 70.7 Å². The fourth-order valence-corrected chi connectivity index (χ4v) is 3.04. The van der Waals surface area contributed by atoms with Crippen LogP contribution in [-0.4, -0.2) is 43.5 Å². The molecule has 0 radical (unpaired) electrons. The molecule has 0 spiro atoms. The molecule has 0 fully saturated rings. The molecule has 150 valence electrons. The van der Waals surface area contributed by atoms with Crippen molar-refractivity contribution in [3.63, 3.8) is 0 Å². The lowest BCUT2D eigenvalue weighted by atomic mass is 10.1. The summed E-state index contributed by atoms with van der Waals surface area (Å²) in [5.74, 6) is 0.294. The van der Waals surface area contributed by atoms with Crippen LogP contribution >= 0.6 is 0 Å². The van der Waals surface area contributed by atoms with E-state index < -0.39 is 6.04 Å². The predicted molar refractivity (Wildman–Crippen MR) is 116 cm³/mol. The number of ether oxygens (including phenoxy) is 1. The smallest absolute Gasteiger partial charge is 0.241 e. The number of anilines is 2. The minimum absolute atomic E-state index is 0.0847. The van der Waals surface area contributed by atoms with Gasteiger partial charge in [0.25, 0.3) is 0 Å². The van der Waals surface area contributed by atoms with Crippen LogP contribution < -0.4 is 15.4 Å². The minimum atomic E-state index is -0.481. The number of methoxy groups -OCH3 is 1. The van der Waals surface area contributed by atoms with E-state index in [9.17, 15) is 9.59 Å². The van der Waals surface area contributed by atoms with Crippen LogP contribution in [0.4, 0.5) is 11.4 Å². The summed E-state index contributed by atoms with van der Waals surface area (Å²) in [7, 11) is 3.32. The van der Waals surface area contributed by atoms with E-state index in [1.54, 1.807) is 44.2 Å². The SMILES string of the molecule is COc1cccc(NC(=O)CN(C)C(C)C(=O)Nc2cccc3ccccc23)c1. The lowest BCUT2D eigenvalue weighted by Crippen LogP contribution is -2.43. The summed E-state index contributed by atoms with van der Waals surface area (Å²) < 4.78 is 5.16. The zero-order valence-corrected chi connectivity index (χ0v) is 16.8. The van der Waals surface area contributed by atoms with Gasteiger partial charge in [0.2, 0.25) is 11.8 Å². The average Bonchev–Trinajstić information content (AvgIpc) is 2.73. The molecule has 1 unspecified atom stereocenters. The van der Waals surface area contributed by atoms with Crippen LogP contribution in [0.2, 0.25) is 0 Å². The largest absolute Gasteiger partial charge is 0.497 e. The lowest BCUT2D eigenvalue weighted by molar-refractivity contribution is -0.122. The van der Waals surface area contributed by atoms with E-state index in [0.717, 1.165) is 16.5 Å². The molecule has 0 saturated carbocycles. The van der Waals surface area contributed by atoms with Crippen LogP contribution in [0.3, 0.4) is 0 Å². The second-order valence-corrected chi connectivity index (χ2v) is 6.89. The fourth-order valence-electron chi connectivity index (χ4n) is 3.04. The molecule has 0 aliphatic carbocycles. The quantitative estimate of drug-likeness (QED) is 0.644. The average molecular weight is 391 g/mol. The maximum Gasteiger partial charge on any atom is 0.241 e. The van der Waals surface area contributed by atoms with E-state index in [0.29, 0.717) is 11.4 Å². The van der Waals surface area contributed by atoms with Crippen LogP contribution in [0.5, 0.6) is 5.75 Å². The number of nitrogens with zero attached hydrogens (tertiary/aromatic N) is 1. The Morgan fingerprint density at radius 1 is 1.00 bits per heavy atom. The Labute approximate surface area is 170 Å². The molecule has 0 bridgehead atoms. The predicted octanol–water partition coefficient (Wildman–Crippen LogP) is 3.75. The highest BCUT2D eigenvalue weighted by atomic mass is 16.5. The van der Waals surface area contributed by atoms with Gasteiger partial charge >= 0.3 is 0 Å². The highest BCUT2D eigenvalue weighted by Crippen LogP contribution is 2.23. The van der Waals surface area contributed by atoms with Crippen molar-refractivity contribution in [2.75, 3.05) is 31.3 Å². The zero-order valence-electron chi connectivity index (χ0n) is 16.8. The first kappa shape index (κ1) is 20.4. The Hall–Kier alpha value is -3.38. The maximum atomic E-state index is 12.7. The molecule has 0 aliphatic rings. The first-order valence-corrected chi connectivity index (χ1v) is 9.40. The number of benzene rings is 3. The van der Waals surface area contributed by atoms with Crippen molar-refractivity contribution in [3.8, 4) is 5.75 Å². The third-order valence-electron chi connectivity index (χ3n) is 4.83. The summed E-state index contributed by atoms with van der Waals surface area (Å²) >= 11 is 0. The number of fused-ring (bicyclic) bond motifs is 1. The van der Waals surface area contributed by atoms with Gasteiger partial charge in [-0.1, -0.05) is 42.5 Å². The highest BCUT2D eigenvalue weighted by molar-refractivity contribution is 6.04. The Kier molecular flexibility index (Phi) is 6.46. The monoisotopic (exact) mass is 391 g/mol. The summed E-state index contributed by atoms with van der Waals surface area (Å²) in [6.07, 6.45) is 0. The highest BCUT2D eigenvalue weighted by Gasteiger charge is 2.21. The van der Waals surface area contributed by atoms with Crippen molar-refractivity contribution < 1.29 is 14.3 Å². The van der Waals surface area contributed by atoms with E-state index >= 15 is 0 Å². The number of nitrogens with one attached hydrogen (secondary N) is 2. The first-order valence-electron chi connectivity index (χ1n) is 9.40. The van der Waals surface area contributed by atoms with Gasteiger partial charge in [0.05, 0.1) is 19.7 Å². The molecule has 0 saturated heterocycles. The van der Waals surface area contributed by atoms with Gasteiger partial charge in [-0.3, -0.25) is 14.5 Å². The van der Waals surface area contributed by atoms with Crippen molar-refractivity contribution in [1.82, 2.24) is 4.90 Å². The van der Waals surface area contributed by atoms with Gasteiger partial charge in [-0.15, -0.1) is 0 Å². The standard InChI is InChI=1S/C23H25N3O3/c1-16(23(28)25-21-13-6-9-17-8-4-5-12-20(17)21)26(2)15-22(27)24-18-10-7-11-19(14-18)29-3/h4-14,16H,15H2,1-3H3,(H,24,27)(H,25,28). The molecule has 6 nitrogen and oxygen atoms in total. The third-order valence-corrected chi connectivity index (χ3v) is 4.83. The molecule has 6 heteroatoms. The zero-order chi connectivity index (χ0) is 20.8. The molecule has 3 rings (SSSR count). The number of amides is 2. The molecule has 3 aromatic carbocycles. The minimum Gasteiger partial charge on any atom is -0.497 e. The maximum absolute atomic E-state index is 12.7. The fraction of sp³-hybridized carbons (Fsp3) is 0.217. The number of hydrogen-bond donors (Lipinski definition) is 2. The van der Waals surface area contributed by atoms with Crippen LogP contribution in [0.1, 0.15) is 6.92 Å². The van der Waals surface area contributed by atoms with Gasteiger partial charge in [-0.05, 0) is 37.6 Å². The molecule has 0 heterocycles. The number of hydrogen-bond acceptors (Lipinski definition) is 4. The van der Waals surface area contributed by atoms with E-state index in [-0.39, 0.29) is 18.4 Å². The molecule has 2 N–H and O–H groups in total. The lowest BCUT2D eigenvalue weighted by Gasteiger charge is -2.23. The van der Waals surface area contributed by atoms with Crippen molar-refractivity contribution in [1.29, 1.82) is 0 Å². The molecule has 2 amide bonds. The van der Waals surface area contributed by atoms with Crippen LogP contribution in [0.15, 0.2) is 66.7 Å². The summed E-state index contributed by atoms with van der Waals surface area (Å²) in [4.78, 5) is 26.8. The number of carbonyl (C=O) groups is 2. The van der Waals surface area contributed by atoms with E-state index in [1.165, 1.54) is 0 Å². The van der Waals surface area contributed by atoms with Gasteiger partial charge in [-0.25, -0.2) is 0 Å². The first-order chi connectivity index (χ1) is 14.0. The summed E-state index contributed by atoms with van der Waals surface area (Å²) in [5.41, 5.74) is 1.41. The van der Waals surface area contributed by atoms with Crippen molar-refractivity contribution in [2.24, 2.45) is 0 Å². The number of likely N-dealkylation sites (N-methyl/N-ethyl adjacent to an activating group) is 1. The Morgan fingerprint density at radius 2 is 1.72 bits per heavy atom. The van der Waals surface area contributed by atoms with E-state index in [2.05, 4.69) is 10.6 Å². The number of rotatable bonds is 7.